The number of rotatable bonds is 2. The molecule has 0 aliphatic heterocycles. The third-order valence-corrected chi connectivity index (χ3v) is 1.21. The maximum atomic E-state index is 4.09. The minimum absolute atomic E-state index is 0.876. The third-order valence-electron chi connectivity index (χ3n) is 1.21. The van der Waals surface area contributed by atoms with Crippen molar-refractivity contribution in [1.29, 1.82) is 0 Å². The standard InChI is InChI=1S/C8H12N2/c1-7(2)4-10-5-8(3)9-6-10/h5-6H,1,4H2,2-3H3. The van der Waals surface area contributed by atoms with E-state index < -0.39 is 0 Å². The van der Waals surface area contributed by atoms with Gasteiger partial charge in [-0.2, -0.15) is 0 Å². The zero-order valence-electron chi connectivity index (χ0n) is 6.46. The van der Waals surface area contributed by atoms with Gasteiger partial charge in [0.05, 0.1) is 12.0 Å². The molecule has 2 heteroatoms. The van der Waals surface area contributed by atoms with Crippen molar-refractivity contribution in [3.05, 3.63) is 30.4 Å². The van der Waals surface area contributed by atoms with Crippen LogP contribution in [0.1, 0.15) is 12.6 Å². The van der Waals surface area contributed by atoms with Crippen molar-refractivity contribution < 1.29 is 0 Å². The lowest BCUT2D eigenvalue weighted by Crippen LogP contribution is -1.93. The molecule has 1 aromatic heterocycles. The number of nitrogens with zero attached hydrogens (tertiary/aromatic N) is 2. The molecule has 0 bridgehead atoms. The molecule has 10 heavy (non-hydrogen) atoms. The molecule has 1 aromatic rings. The summed E-state index contributed by atoms with van der Waals surface area (Å²) in [7, 11) is 0. The fourth-order valence-corrected chi connectivity index (χ4v) is 0.870. The molecule has 0 spiro atoms. The first-order valence-corrected chi connectivity index (χ1v) is 3.31. The van der Waals surface area contributed by atoms with Crippen molar-refractivity contribution in [2.75, 3.05) is 0 Å². The zero-order chi connectivity index (χ0) is 7.56. The Morgan fingerprint density at radius 2 is 2.50 bits per heavy atom. The second-order valence-electron chi connectivity index (χ2n) is 2.64. The predicted molar refractivity (Wildman–Crippen MR) is 41.8 cm³/mol. The second kappa shape index (κ2) is 2.69. The van der Waals surface area contributed by atoms with Crippen molar-refractivity contribution in [2.45, 2.75) is 20.4 Å². The second-order valence-corrected chi connectivity index (χ2v) is 2.64. The average molecular weight is 136 g/mol. The molecule has 0 amide bonds. The number of aryl methyl sites for hydroxylation is 1. The first-order valence-electron chi connectivity index (χ1n) is 3.31. The van der Waals surface area contributed by atoms with Gasteiger partial charge in [0, 0.05) is 12.7 Å². The minimum Gasteiger partial charge on any atom is -0.333 e. The summed E-state index contributed by atoms with van der Waals surface area (Å²) in [5, 5.41) is 0. The van der Waals surface area contributed by atoms with E-state index >= 15 is 0 Å². The van der Waals surface area contributed by atoms with Crippen molar-refractivity contribution >= 4 is 0 Å². The van der Waals surface area contributed by atoms with Gasteiger partial charge >= 0.3 is 0 Å². The topological polar surface area (TPSA) is 17.8 Å². The fourth-order valence-electron chi connectivity index (χ4n) is 0.870. The highest BCUT2D eigenvalue weighted by atomic mass is 15.0. The fraction of sp³-hybridized carbons (Fsp3) is 0.375. The van der Waals surface area contributed by atoms with E-state index in [-0.39, 0.29) is 0 Å². The summed E-state index contributed by atoms with van der Waals surface area (Å²) < 4.78 is 2.03. The van der Waals surface area contributed by atoms with Crippen LogP contribution in [-0.2, 0) is 6.54 Å². The Labute approximate surface area is 61.2 Å². The summed E-state index contributed by atoms with van der Waals surface area (Å²) in [6.45, 7) is 8.68. The number of hydrogen-bond donors (Lipinski definition) is 0. The smallest absolute Gasteiger partial charge is 0.0952 e. The Balaban J connectivity index is 2.67. The normalized spacial score (nSPS) is 9.80. The summed E-state index contributed by atoms with van der Waals surface area (Å²) in [6, 6.07) is 0. The van der Waals surface area contributed by atoms with E-state index in [1.165, 1.54) is 0 Å². The van der Waals surface area contributed by atoms with Gasteiger partial charge in [0.15, 0.2) is 0 Å². The van der Waals surface area contributed by atoms with Crippen LogP contribution < -0.4 is 0 Å². The van der Waals surface area contributed by atoms with Crippen LogP contribution in [0.5, 0.6) is 0 Å². The molecule has 0 atom stereocenters. The van der Waals surface area contributed by atoms with Gasteiger partial charge in [-0.05, 0) is 13.8 Å². The molecule has 2 nitrogen and oxygen atoms in total. The molecule has 0 aliphatic carbocycles. The van der Waals surface area contributed by atoms with Crippen LogP contribution in [0, 0.1) is 6.92 Å². The van der Waals surface area contributed by atoms with Gasteiger partial charge in [0.25, 0.3) is 0 Å². The van der Waals surface area contributed by atoms with Crippen LogP contribution in [-0.4, -0.2) is 9.55 Å². The quantitative estimate of drug-likeness (QED) is 0.566. The Bertz CT molecular complexity index is 235. The highest BCUT2D eigenvalue weighted by Crippen LogP contribution is 1.97. The number of imidazole rings is 1. The van der Waals surface area contributed by atoms with Crippen molar-refractivity contribution in [3.63, 3.8) is 0 Å². The van der Waals surface area contributed by atoms with Gasteiger partial charge in [-0.1, -0.05) is 12.2 Å². The van der Waals surface area contributed by atoms with E-state index in [0.717, 1.165) is 17.8 Å². The zero-order valence-corrected chi connectivity index (χ0v) is 6.46. The molecule has 54 valence electrons. The maximum Gasteiger partial charge on any atom is 0.0952 e. The molecule has 0 fully saturated rings. The summed E-state index contributed by atoms with van der Waals surface area (Å²) in [6.07, 6.45) is 3.83. The molecule has 0 aliphatic rings. The molecule has 0 radical (unpaired) electrons. The van der Waals surface area contributed by atoms with Gasteiger partial charge in [0.2, 0.25) is 0 Å². The highest BCUT2D eigenvalue weighted by molar-refractivity contribution is 4.97. The lowest BCUT2D eigenvalue weighted by Gasteiger charge is -1.97. The molecular weight excluding hydrogens is 124 g/mol. The summed E-state index contributed by atoms with van der Waals surface area (Å²) in [5.41, 5.74) is 2.21. The van der Waals surface area contributed by atoms with E-state index in [1.54, 1.807) is 0 Å². The van der Waals surface area contributed by atoms with Crippen LogP contribution in [0.2, 0.25) is 0 Å². The van der Waals surface area contributed by atoms with E-state index in [4.69, 9.17) is 0 Å². The molecule has 0 unspecified atom stereocenters. The van der Waals surface area contributed by atoms with Crippen LogP contribution in [0.25, 0.3) is 0 Å². The number of aromatic nitrogens is 2. The summed E-state index contributed by atoms with van der Waals surface area (Å²) >= 11 is 0. The van der Waals surface area contributed by atoms with Crippen LogP contribution in [0.15, 0.2) is 24.7 Å². The van der Waals surface area contributed by atoms with Crippen LogP contribution in [0.3, 0.4) is 0 Å². The monoisotopic (exact) mass is 136 g/mol. The highest BCUT2D eigenvalue weighted by Gasteiger charge is 1.91. The first kappa shape index (κ1) is 7.06. The number of hydrogen-bond acceptors (Lipinski definition) is 1. The van der Waals surface area contributed by atoms with Crippen molar-refractivity contribution in [3.8, 4) is 0 Å². The molecule has 0 saturated carbocycles. The van der Waals surface area contributed by atoms with E-state index in [2.05, 4.69) is 11.6 Å². The maximum absolute atomic E-state index is 4.09. The molecule has 0 saturated heterocycles. The average Bonchev–Trinajstić information content (AvgIpc) is 2.13. The molecule has 1 heterocycles. The van der Waals surface area contributed by atoms with Crippen LogP contribution in [0.4, 0.5) is 0 Å². The lowest BCUT2D eigenvalue weighted by molar-refractivity contribution is 0.784. The van der Waals surface area contributed by atoms with Gasteiger partial charge in [-0.15, -0.1) is 0 Å². The predicted octanol–water partition coefficient (Wildman–Crippen LogP) is 1.77. The Morgan fingerprint density at radius 3 is 2.90 bits per heavy atom. The van der Waals surface area contributed by atoms with Gasteiger partial charge in [-0.25, -0.2) is 4.98 Å². The molecule has 1 rings (SSSR count). The van der Waals surface area contributed by atoms with Crippen molar-refractivity contribution in [1.82, 2.24) is 9.55 Å². The number of allylic oxidation sites excluding steroid dienone is 1. The first-order chi connectivity index (χ1) is 4.68. The minimum atomic E-state index is 0.876. The van der Waals surface area contributed by atoms with E-state index in [0.29, 0.717) is 0 Å². The Kier molecular flexibility index (Phi) is 1.90. The SMILES string of the molecule is C=C(C)Cn1cnc(C)c1. The summed E-state index contributed by atoms with van der Waals surface area (Å²) in [5.74, 6) is 0. The Morgan fingerprint density at radius 1 is 1.80 bits per heavy atom. The molecule has 0 N–H and O–H groups in total. The lowest BCUT2D eigenvalue weighted by atomic mass is 10.3. The van der Waals surface area contributed by atoms with Gasteiger partial charge < -0.3 is 4.57 Å². The molecular formula is C8H12N2. The van der Waals surface area contributed by atoms with Gasteiger partial charge in [-0.3, -0.25) is 0 Å². The summed E-state index contributed by atoms with van der Waals surface area (Å²) in [4.78, 5) is 4.09. The van der Waals surface area contributed by atoms with Crippen molar-refractivity contribution in [2.24, 2.45) is 0 Å². The third kappa shape index (κ3) is 1.72. The van der Waals surface area contributed by atoms with Gasteiger partial charge in [0.1, 0.15) is 0 Å². The van der Waals surface area contributed by atoms with E-state index in [1.807, 2.05) is 30.9 Å². The molecule has 0 aromatic carbocycles. The largest absolute Gasteiger partial charge is 0.333 e. The van der Waals surface area contributed by atoms with E-state index in [9.17, 15) is 0 Å². The Hall–Kier alpha value is -1.05. The van der Waals surface area contributed by atoms with Crippen LogP contribution >= 0.6 is 0 Å².